The van der Waals surface area contributed by atoms with E-state index < -0.39 is 0 Å². The number of nitrogens with one attached hydrogen (secondary N) is 1. The molecule has 3 heteroatoms. The molecule has 1 aromatic rings. The minimum absolute atomic E-state index is 0.0338. The normalized spacial score (nSPS) is 22.9. The number of carbonyl (C=O) groups excluding carboxylic acids is 1. The van der Waals surface area contributed by atoms with E-state index in [1.165, 1.54) is 11.1 Å². The van der Waals surface area contributed by atoms with Gasteiger partial charge >= 0.3 is 0 Å². The van der Waals surface area contributed by atoms with Crippen molar-refractivity contribution in [1.29, 1.82) is 0 Å². The Morgan fingerprint density at radius 1 is 1.24 bits per heavy atom. The van der Waals surface area contributed by atoms with Gasteiger partial charge in [-0.15, -0.1) is 0 Å². The average Bonchev–Trinajstić information content (AvgIpc) is 2.41. The summed E-state index contributed by atoms with van der Waals surface area (Å²) in [5, 5.41) is 13.0. The molecular weight excluding hydrogens is 262 g/mol. The highest BCUT2D eigenvalue weighted by atomic mass is 16.3. The quantitative estimate of drug-likeness (QED) is 0.895. The van der Waals surface area contributed by atoms with Crippen molar-refractivity contribution in [2.45, 2.75) is 70.4 Å². The molecule has 21 heavy (non-hydrogen) atoms. The molecule has 0 heterocycles. The van der Waals surface area contributed by atoms with Crippen LogP contribution in [0.2, 0.25) is 0 Å². The van der Waals surface area contributed by atoms with Gasteiger partial charge in [-0.2, -0.15) is 0 Å². The number of benzene rings is 1. The van der Waals surface area contributed by atoms with Gasteiger partial charge in [0.15, 0.2) is 0 Å². The summed E-state index contributed by atoms with van der Waals surface area (Å²) >= 11 is 0. The first-order valence-electron chi connectivity index (χ1n) is 7.93. The zero-order valence-electron chi connectivity index (χ0n) is 13.4. The fraction of sp³-hybridized carbons (Fsp3) is 0.611. The van der Waals surface area contributed by atoms with Crippen LogP contribution < -0.4 is 5.32 Å². The van der Waals surface area contributed by atoms with Crippen molar-refractivity contribution >= 4 is 5.91 Å². The standard InChI is InChI=1S/C18H27NO2/c1-13-8-10-14(11-9-13)18(2,3)12-17(21)19-15-6-4-5-7-16(15)20/h8-11,15-16,20H,4-7,12H2,1-3H3,(H,19,21). The molecule has 2 unspecified atom stereocenters. The molecule has 0 radical (unpaired) electrons. The van der Waals surface area contributed by atoms with Gasteiger partial charge in [0, 0.05) is 6.42 Å². The van der Waals surface area contributed by atoms with E-state index in [0.717, 1.165) is 25.7 Å². The predicted octanol–water partition coefficient (Wildman–Crippen LogP) is 3.08. The number of amides is 1. The van der Waals surface area contributed by atoms with Crippen molar-refractivity contribution in [2.24, 2.45) is 0 Å². The molecule has 1 aliphatic rings. The molecule has 1 aromatic carbocycles. The fourth-order valence-corrected chi connectivity index (χ4v) is 3.05. The zero-order chi connectivity index (χ0) is 15.5. The van der Waals surface area contributed by atoms with Gasteiger partial charge in [-0.05, 0) is 30.7 Å². The summed E-state index contributed by atoms with van der Waals surface area (Å²) in [6.45, 7) is 6.25. The van der Waals surface area contributed by atoms with Crippen LogP contribution in [-0.4, -0.2) is 23.2 Å². The minimum atomic E-state index is -0.384. The first-order valence-corrected chi connectivity index (χ1v) is 7.93. The Labute approximate surface area is 127 Å². The zero-order valence-corrected chi connectivity index (χ0v) is 13.4. The molecule has 2 atom stereocenters. The molecule has 2 N–H and O–H groups in total. The van der Waals surface area contributed by atoms with Crippen molar-refractivity contribution in [3.8, 4) is 0 Å². The molecule has 0 spiro atoms. The Balaban J connectivity index is 1.95. The van der Waals surface area contributed by atoms with Crippen LogP contribution in [0.5, 0.6) is 0 Å². The average molecular weight is 289 g/mol. The van der Waals surface area contributed by atoms with E-state index >= 15 is 0 Å². The Bertz CT molecular complexity index is 478. The Hall–Kier alpha value is -1.35. The summed E-state index contributed by atoms with van der Waals surface area (Å²) in [7, 11) is 0. The lowest BCUT2D eigenvalue weighted by molar-refractivity contribution is -0.124. The third-order valence-electron chi connectivity index (χ3n) is 4.51. The van der Waals surface area contributed by atoms with Gasteiger partial charge in [-0.25, -0.2) is 0 Å². The minimum Gasteiger partial charge on any atom is -0.391 e. The van der Waals surface area contributed by atoms with Gasteiger partial charge in [-0.3, -0.25) is 4.79 Å². The smallest absolute Gasteiger partial charge is 0.221 e. The van der Waals surface area contributed by atoms with Crippen molar-refractivity contribution in [3.05, 3.63) is 35.4 Å². The maximum absolute atomic E-state index is 12.3. The largest absolute Gasteiger partial charge is 0.391 e. The highest BCUT2D eigenvalue weighted by molar-refractivity contribution is 5.78. The van der Waals surface area contributed by atoms with Gasteiger partial charge in [-0.1, -0.05) is 56.5 Å². The van der Waals surface area contributed by atoms with Crippen LogP contribution in [0, 0.1) is 6.92 Å². The first kappa shape index (κ1) is 16.0. The maximum Gasteiger partial charge on any atom is 0.221 e. The van der Waals surface area contributed by atoms with Gasteiger partial charge < -0.3 is 10.4 Å². The van der Waals surface area contributed by atoms with E-state index in [-0.39, 0.29) is 23.5 Å². The summed E-state index contributed by atoms with van der Waals surface area (Å²) in [5.41, 5.74) is 2.20. The number of aryl methyl sites for hydroxylation is 1. The number of hydrogen-bond acceptors (Lipinski definition) is 2. The van der Waals surface area contributed by atoms with Crippen molar-refractivity contribution in [3.63, 3.8) is 0 Å². The number of carbonyl (C=O) groups is 1. The van der Waals surface area contributed by atoms with E-state index in [9.17, 15) is 9.90 Å². The molecule has 116 valence electrons. The van der Waals surface area contributed by atoms with E-state index in [1.54, 1.807) is 0 Å². The predicted molar refractivity (Wildman–Crippen MR) is 85.2 cm³/mol. The topological polar surface area (TPSA) is 49.3 Å². The molecule has 0 saturated heterocycles. The molecule has 1 saturated carbocycles. The van der Waals surface area contributed by atoms with Gasteiger partial charge in [0.05, 0.1) is 12.1 Å². The molecule has 3 nitrogen and oxygen atoms in total. The third kappa shape index (κ3) is 4.31. The second-order valence-electron chi connectivity index (χ2n) is 6.95. The van der Waals surface area contributed by atoms with Crippen LogP contribution in [0.4, 0.5) is 0 Å². The molecule has 1 fully saturated rings. The SMILES string of the molecule is Cc1ccc(C(C)(C)CC(=O)NC2CCCCC2O)cc1. The van der Waals surface area contributed by atoms with Gasteiger partial charge in [0.2, 0.25) is 5.91 Å². The molecule has 1 aliphatic carbocycles. The summed E-state index contributed by atoms with van der Waals surface area (Å²) in [4.78, 5) is 12.3. The van der Waals surface area contributed by atoms with Crippen LogP contribution in [0.15, 0.2) is 24.3 Å². The molecule has 0 bridgehead atoms. The lowest BCUT2D eigenvalue weighted by Crippen LogP contribution is -2.46. The fourth-order valence-electron chi connectivity index (χ4n) is 3.05. The lowest BCUT2D eigenvalue weighted by atomic mass is 9.81. The van der Waals surface area contributed by atoms with E-state index in [0.29, 0.717) is 6.42 Å². The monoisotopic (exact) mass is 289 g/mol. The van der Waals surface area contributed by atoms with Crippen LogP contribution in [0.25, 0.3) is 0 Å². The Morgan fingerprint density at radius 3 is 2.48 bits per heavy atom. The second kappa shape index (κ2) is 6.61. The summed E-state index contributed by atoms with van der Waals surface area (Å²) in [6.07, 6.45) is 3.89. The lowest BCUT2D eigenvalue weighted by Gasteiger charge is -2.30. The van der Waals surface area contributed by atoms with Crippen LogP contribution in [0.3, 0.4) is 0 Å². The van der Waals surface area contributed by atoms with Crippen LogP contribution >= 0.6 is 0 Å². The molecule has 1 amide bonds. The second-order valence-corrected chi connectivity index (χ2v) is 6.95. The van der Waals surface area contributed by atoms with E-state index in [1.807, 2.05) is 0 Å². The Morgan fingerprint density at radius 2 is 1.86 bits per heavy atom. The van der Waals surface area contributed by atoms with Crippen molar-refractivity contribution in [1.82, 2.24) is 5.32 Å². The number of aliphatic hydroxyl groups is 1. The Kier molecular flexibility index (Phi) is 5.04. The number of hydrogen-bond donors (Lipinski definition) is 2. The summed E-state index contributed by atoms with van der Waals surface area (Å²) in [6, 6.07) is 8.29. The van der Waals surface area contributed by atoms with Crippen molar-refractivity contribution < 1.29 is 9.90 Å². The highest BCUT2D eigenvalue weighted by Crippen LogP contribution is 2.27. The maximum atomic E-state index is 12.3. The third-order valence-corrected chi connectivity index (χ3v) is 4.51. The molecule has 0 aromatic heterocycles. The van der Waals surface area contributed by atoms with Gasteiger partial charge in [0.1, 0.15) is 0 Å². The highest BCUT2D eigenvalue weighted by Gasteiger charge is 2.28. The molecule has 0 aliphatic heterocycles. The number of rotatable bonds is 4. The summed E-state index contributed by atoms with van der Waals surface area (Å²) < 4.78 is 0. The molecular formula is C18H27NO2. The summed E-state index contributed by atoms with van der Waals surface area (Å²) in [5.74, 6) is 0.0338. The van der Waals surface area contributed by atoms with E-state index in [4.69, 9.17) is 0 Å². The first-order chi connectivity index (χ1) is 9.88. The van der Waals surface area contributed by atoms with Crippen LogP contribution in [-0.2, 0) is 10.2 Å². The number of aliphatic hydroxyl groups excluding tert-OH is 1. The van der Waals surface area contributed by atoms with E-state index in [2.05, 4.69) is 50.4 Å². The van der Waals surface area contributed by atoms with Gasteiger partial charge in [0.25, 0.3) is 0 Å². The van der Waals surface area contributed by atoms with Crippen LogP contribution in [0.1, 0.15) is 57.1 Å². The molecule has 2 rings (SSSR count). The van der Waals surface area contributed by atoms with Crippen molar-refractivity contribution in [2.75, 3.05) is 0 Å².